The molecule has 2 fully saturated rings. The third-order valence-corrected chi connectivity index (χ3v) is 6.10. The van der Waals surface area contributed by atoms with Crippen molar-refractivity contribution in [2.24, 2.45) is 11.8 Å². The highest BCUT2D eigenvalue weighted by molar-refractivity contribution is 6.09. The number of benzene rings is 1. The van der Waals surface area contributed by atoms with Gasteiger partial charge in [0.05, 0.1) is 18.9 Å². The van der Waals surface area contributed by atoms with Gasteiger partial charge in [0.1, 0.15) is 5.54 Å². The largest absolute Gasteiger partial charge is 0.468 e. The molecule has 1 aromatic rings. The highest BCUT2D eigenvalue weighted by atomic mass is 16.5. The molecule has 1 aromatic carbocycles. The first-order valence-corrected chi connectivity index (χ1v) is 9.73. The maximum absolute atomic E-state index is 13.0. The maximum Gasteiger partial charge on any atom is 0.327 e. The Balaban J connectivity index is 2.07. The number of ether oxygens (including phenoxy) is 1. The molecular formula is C21H27N3O5. The molecule has 1 N–H and O–H groups in total. The van der Waals surface area contributed by atoms with E-state index < -0.39 is 35.3 Å². The molecule has 2 aliphatic heterocycles. The molecular weight excluding hydrogens is 374 g/mol. The Kier molecular flexibility index (Phi) is 5.75. The van der Waals surface area contributed by atoms with Gasteiger partial charge >= 0.3 is 5.97 Å². The fraction of sp³-hybridized carbons (Fsp3) is 0.524. The van der Waals surface area contributed by atoms with Crippen LogP contribution in [0.2, 0.25) is 0 Å². The number of fused-ring (bicyclic) bond motifs is 1. The number of likely N-dealkylation sites (tertiary alicyclic amines) is 1. The van der Waals surface area contributed by atoms with Crippen molar-refractivity contribution in [2.75, 3.05) is 27.2 Å². The molecule has 3 amide bonds. The quantitative estimate of drug-likeness (QED) is 0.541. The van der Waals surface area contributed by atoms with E-state index in [0.717, 1.165) is 10.5 Å². The number of imide groups is 1. The van der Waals surface area contributed by atoms with E-state index in [2.05, 4.69) is 5.32 Å². The Labute approximate surface area is 170 Å². The molecule has 2 aliphatic rings. The molecule has 0 unspecified atom stereocenters. The van der Waals surface area contributed by atoms with E-state index >= 15 is 0 Å². The summed E-state index contributed by atoms with van der Waals surface area (Å²) in [5.41, 5.74) is -0.530. The van der Waals surface area contributed by atoms with E-state index in [1.807, 2.05) is 37.3 Å². The van der Waals surface area contributed by atoms with Crippen LogP contribution in [0.25, 0.3) is 0 Å². The average molecular weight is 401 g/mol. The van der Waals surface area contributed by atoms with Gasteiger partial charge in [-0.1, -0.05) is 30.3 Å². The fourth-order valence-corrected chi connectivity index (χ4v) is 4.67. The molecule has 3 rings (SSSR count). The number of nitrogens with one attached hydrogen (secondary N) is 1. The number of amides is 3. The topological polar surface area (TPSA) is 96.0 Å². The number of hydrogen-bond donors (Lipinski definition) is 1. The van der Waals surface area contributed by atoms with Crippen molar-refractivity contribution < 1.29 is 23.9 Å². The lowest BCUT2D eigenvalue weighted by Crippen LogP contribution is -2.59. The van der Waals surface area contributed by atoms with Crippen molar-refractivity contribution in [1.82, 2.24) is 15.1 Å². The van der Waals surface area contributed by atoms with Gasteiger partial charge in [-0.05, 0) is 12.5 Å². The SMILES string of the molecule is CCN(C[C@H]1N[C@@](Cc2ccccc2)(C(=O)OC)[C@H]2C(=O)N(C)C(=O)[C@@H]12)C(C)=O. The first kappa shape index (κ1) is 21.0. The molecule has 8 nitrogen and oxygen atoms in total. The monoisotopic (exact) mass is 401 g/mol. The number of hydrogen-bond acceptors (Lipinski definition) is 6. The lowest BCUT2D eigenvalue weighted by molar-refractivity contribution is -0.153. The van der Waals surface area contributed by atoms with Gasteiger partial charge in [0, 0.05) is 39.5 Å². The molecule has 4 atom stereocenters. The predicted octanol–water partition coefficient (Wildman–Crippen LogP) is 0.212. The van der Waals surface area contributed by atoms with Crippen LogP contribution < -0.4 is 5.32 Å². The summed E-state index contributed by atoms with van der Waals surface area (Å²) >= 11 is 0. The van der Waals surface area contributed by atoms with Crippen molar-refractivity contribution in [3.05, 3.63) is 35.9 Å². The summed E-state index contributed by atoms with van der Waals surface area (Å²) in [5, 5.41) is 3.27. The summed E-state index contributed by atoms with van der Waals surface area (Å²) in [7, 11) is 2.71. The summed E-state index contributed by atoms with van der Waals surface area (Å²) in [5.74, 6) is -3.07. The van der Waals surface area contributed by atoms with E-state index in [9.17, 15) is 19.2 Å². The minimum atomic E-state index is -1.38. The van der Waals surface area contributed by atoms with Crippen LogP contribution in [0.5, 0.6) is 0 Å². The summed E-state index contributed by atoms with van der Waals surface area (Å²) in [6.07, 6.45) is 0.206. The van der Waals surface area contributed by atoms with E-state index in [0.29, 0.717) is 6.54 Å². The van der Waals surface area contributed by atoms with Gasteiger partial charge in [0.25, 0.3) is 0 Å². The molecule has 2 saturated heterocycles. The van der Waals surface area contributed by atoms with Gasteiger partial charge in [-0.3, -0.25) is 29.4 Å². The van der Waals surface area contributed by atoms with Gasteiger partial charge in [0.2, 0.25) is 17.7 Å². The number of nitrogens with zero attached hydrogens (tertiary/aromatic N) is 2. The summed E-state index contributed by atoms with van der Waals surface area (Å²) in [6.45, 7) is 4.00. The first-order valence-electron chi connectivity index (χ1n) is 9.73. The Morgan fingerprint density at radius 1 is 1.21 bits per heavy atom. The fourth-order valence-electron chi connectivity index (χ4n) is 4.67. The summed E-state index contributed by atoms with van der Waals surface area (Å²) in [4.78, 5) is 53.6. The van der Waals surface area contributed by atoms with Crippen LogP contribution in [0.1, 0.15) is 19.4 Å². The second-order valence-corrected chi connectivity index (χ2v) is 7.67. The van der Waals surface area contributed by atoms with Gasteiger partial charge in [-0.25, -0.2) is 0 Å². The molecule has 0 spiro atoms. The van der Waals surface area contributed by atoms with Crippen molar-refractivity contribution >= 4 is 23.7 Å². The van der Waals surface area contributed by atoms with Crippen LogP contribution in [0.15, 0.2) is 30.3 Å². The lowest BCUT2D eigenvalue weighted by Gasteiger charge is -2.33. The summed E-state index contributed by atoms with van der Waals surface area (Å²) in [6, 6.07) is 8.78. The number of likely N-dealkylation sites (N-methyl/N-ethyl adjacent to an activating group) is 1. The predicted molar refractivity (Wildman–Crippen MR) is 105 cm³/mol. The van der Waals surface area contributed by atoms with Crippen LogP contribution in [0, 0.1) is 11.8 Å². The van der Waals surface area contributed by atoms with Crippen molar-refractivity contribution in [1.29, 1.82) is 0 Å². The van der Waals surface area contributed by atoms with Crippen molar-refractivity contribution in [3.63, 3.8) is 0 Å². The zero-order valence-corrected chi connectivity index (χ0v) is 17.2. The molecule has 0 aliphatic carbocycles. The molecule has 8 heteroatoms. The molecule has 0 aromatic heterocycles. The van der Waals surface area contributed by atoms with Gasteiger partial charge < -0.3 is 9.64 Å². The van der Waals surface area contributed by atoms with Crippen LogP contribution in [0.3, 0.4) is 0 Å². The van der Waals surface area contributed by atoms with E-state index in [1.54, 1.807) is 4.90 Å². The first-order chi connectivity index (χ1) is 13.8. The minimum absolute atomic E-state index is 0.130. The molecule has 0 radical (unpaired) electrons. The molecule has 0 saturated carbocycles. The number of esters is 1. The number of rotatable bonds is 6. The van der Waals surface area contributed by atoms with Gasteiger partial charge in [-0.15, -0.1) is 0 Å². The molecule has 0 bridgehead atoms. The van der Waals surface area contributed by atoms with Crippen LogP contribution in [0.4, 0.5) is 0 Å². The van der Waals surface area contributed by atoms with Crippen LogP contribution >= 0.6 is 0 Å². The van der Waals surface area contributed by atoms with Gasteiger partial charge in [0.15, 0.2) is 0 Å². The van der Waals surface area contributed by atoms with Crippen molar-refractivity contribution in [3.8, 4) is 0 Å². The van der Waals surface area contributed by atoms with Crippen molar-refractivity contribution in [2.45, 2.75) is 31.8 Å². The Bertz CT molecular complexity index is 827. The lowest BCUT2D eigenvalue weighted by atomic mass is 9.76. The van der Waals surface area contributed by atoms with E-state index in [-0.39, 0.29) is 24.8 Å². The number of carbonyl (C=O) groups is 4. The Morgan fingerprint density at radius 2 is 1.86 bits per heavy atom. The Morgan fingerprint density at radius 3 is 2.41 bits per heavy atom. The second kappa shape index (κ2) is 7.94. The number of methoxy groups -OCH3 is 1. The highest BCUT2D eigenvalue weighted by Gasteiger charge is 2.67. The number of carbonyl (C=O) groups excluding carboxylic acids is 4. The molecule has 2 heterocycles. The summed E-state index contributed by atoms with van der Waals surface area (Å²) < 4.78 is 5.10. The highest BCUT2D eigenvalue weighted by Crippen LogP contribution is 2.44. The van der Waals surface area contributed by atoms with Crippen LogP contribution in [-0.4, -0.2) is 72.3 Å². The second-order valence-electron chi connectivity index (χ2n) is 7.67. The van der Waals surface area contributed by atoms with Gasteiger partial charge in [-0.2, -0.15) is 0 Å². The minimum Gasteiger partial charge on any atom is -0.468 e. The third-order valence-electron chi connectivity index (χ3n) is 6.10. The molecule has 29 heavy (non-hydrogen) atoms. The maximum atomic E-state index is 13.0. The smallest absolute Gasteiger partial charge is 0.327 e. The third kappa shape index (κ3) is 3.42. The Hall–Kier alpha value is -2.74. The van der Waals surface area contributed by atoms with E-state index in [1.165, 1.54) is 21.1 Å². The average Bonchev–Trinajstić information content (AvgIpc) is 3.15. The zero-order valence-electron chi connectivity index (χ0n) is 17.2. The molecule has 156 valence electrons. The normalized spacial score (nSPS) is 28.4. The standard InChI is InChI=1S/C21H27N3O5/c1-5-24(13(2)25)12-15-16-17(19(27)23(3)18(16)26)21(22-15,20(28)29-4)11-14-9-7-6-8-10-14/h6-10,15-17,22H,5,11-12H2,1-4H3/t15-,16+,17-,21-/m1/s1. The van der Waals surface area contributed by atoms with Crippen LogP contribution in [-0.2, 0) is 30.3 Å². The zero-order chi connectivity index (χ0) is 21.3. The van der Waals surface area contributed by atoms with E-state index in [4.69, 9.17) is 4.74 Å².